The minimum atomic E-state index is -0.996. The average molecular weight is 328 g/mol. The SMILES string of the molecule is O=C(O)[C@H]1CCCCN1C(=O)c1ccc(Br)cc1O. The minimum Gasteiger partial charge on any atom is -0.507 e. The molecule has 0 unspecified atom stereocenters. The fraction of sp³-hybridized carbons (Fsp3) is 0.385. The second-order valence-corrected chi connectivity index (χ2v) is 5.43. The van der Waals surface area contributed by atoms with Crippen molar-refractivity contribution in [2.75, 3.05) is 6.54 Å². The average Bonchev–Trinajstić information content (AvgIpc) is 2.38. The molecule has 1 aliphatic heterocycles. The maximum absolute atomic E-state index is 12.3. The molecule has 0 bridgehead atoms. The van der Waals surface area contributed by atoms with E-state index in [1.807, 2.05) is 0 Å². The molecule has 2 N–H and O–H groups in total. The van der Waals surface area contributed by atoms with Crippen LogP contribution in [0.5, 0.6) is 5.75 Å². The number of carboxylic acids is 1. The van der Waals surface area contributed by atoms with Gasteiger partial charge in [-0.15, -0.1) is 0 Å². The van der Waals surface area contributed by atoms with E-state index in [1.54, 1.807) is 6.07 Å². The molecule has 102 valence electrons. The van der Waals surface area contributed by atoms with Crippen LogP contribution in [0.4, 0.5) is 0 Å². The summed E-state index contributed by atoms with van der Waals surface area (Å²) in [5.41, 5.74) is 0.136. The number of aliphatic carboxylic acids is 1. The van der Waals surface area contributed by atoms with E-state index in [9.17, 15) is 14.7 Å². The lowest BCUT2D eigenvalue weighted by atomic mass is 10.0. The third-order valence-electron chi connectivity index (χ3n) is 3.24. The fourth-order valence-corrected chi connectivity index (χ4v) is 2.62. The van der Waals surface area contributed by atoms with Crippen LogP contribution in [0.1, 0.15) is 29.6 Å². The van der Waals surface area contributed by atoms with E-state index in [0.29, 0.717) is 17.4 Å². The van der Waals surface area contributed by atoms with Crippen molar-refractivity contribution in [3.63, 3.8) is 0 Å². The van der Waals surface area contributed by atoms with Gasteiger partial charge in [0.15, 0.2) is 0 Å². The molecular formula is C13H14BrNO4. The zero-order valence-electron chi connectivity index (χ0n) is 10.2. The van der Waals surface area contributed by atoms with Crippen molar-refractivity contribution in [1.29, 1.82) is 0 Å². The summed E-state index contributed by atoms with van der Waals surface area (Å²) in [6, 6.07) is 3.76. The Bertz CT molecular complexity index is 517. The zero-order chi connectivity index (χ0) is 14.0. The second kappa shape index (κ2) is 5.61. The van der Waals surface area contributed by atoms with E-state index in [-0.39, 0.29) is 11.3 Å². The number of amides is 1. The molecule has 0 saturated carbocycles. The predicted octanol–water partition coefficient (Wildman–Crippen LogP) is 2.23. The summed E-state index contributed by atoms with van der Waals surface area (Å²) in [6.07, 6.45) is 2.04. The van der Waals surface area contributed by atoms with E-state index < -0.39 is 17.9 Å². The molecule has 1 saturated heterocycles. The van der Waals surface area contributed by atoms with Gasteiger partial charge in [-0.2, -0.15) is 0 Å². The van der Waals surface area contributed by atoms with Crippen molar-refractivity contribution in [2.45, 2.75) is 25.3 Å². The molecule has 0 radical (unpaired) electrons. The van der Waals surface area contributed by atoms with Crippen molar-refractivity contribution in [1.82, 2.24) is 4.90 Å². The monoisotopic (exact) mass is 327 g/mol. The molecular weight excluding hydrogens is 314 g/mol. The first-order valence-electron chi connectivity index (χ1n) is 6.03. The molecule has 0 aliphatic carbocycles. The van der Waals surface area contributed by atoms with E-state index in [4.69, 9.17) is 5.11 Å². The number of carboxylic acid groups (broad SMARTS) is 1. The van der Waals surface area contributed by atoms with Gasteiger partial charge in [0.1, 0.15) is 11.8 Å². The number of halogens is 1. The molecule has 1 aromatic carbocycles. The summed E-state index contributed by atoms with van der Waals surface area (Å²) < 4.78 is 0.662. The Morgan fingerprint density at radius 2 is 2.05 bits per heavy atom. The van der Waals surface area contributed by atoms with E-state index in [0.717, 1.165) is 12.8 Å². The Morgan fingerprint density at radius 3 is 2.68 bits per heavy atom. The van der Waals surface area contributed by atoms with Crippen LogP contribution < -0.4 is 0 Å². The van der Waals surface area contributed by atoms with Crippen LogP contribution >= 0.6 is 15.9 Å². The minimum absolute atomic E-state index is 0.136. The van der Waals surface area contributed by atoms with Crippen molar-refractivity contribution in [3.05, 3.63) is 28.2 Å². The standard InChI is InChI=1S/C13H14BrNO4/c14-8-4-5-9(11(16)7-8)12(17)15-6-2-1-3-10(15)13(18)19/h4-5,7,10,16H,1-3,6H2,(H,18,19)/t10-/m1/s1. The highest BCUT2D eigenvalue weighted by Gasteiger charge is 2.33. The number of hydrogen-bond donors (Lipinski definition) is 2. The molecule has 2 rings (SSSR count). The van der Waals surface area contributed by atoms with Gasteiger partial charge in [0, 0.05) is 11.0 Å². The number of hydrogen-bond acceptors (Lipinski definition) is 3. The third kappa shape index (κ3) is 2.89. The number of carbonyl (C=O) groups excluding carboxylic acids is 1. The number of nitrogens with zero attached hydrogens (tertiary/aromatic N) is 1. The summed E-state index contributed by atoms with van der Waals surface area (Å²) in [5, 5.41) is 18.9. The lowest BCUT2D eigenvalue weighted by Crippen LogP contribution is -2.48. The van der Waals surface area contributed by atoms with Crippen molar-refractivity contribution >= 4 is 27.8 Å². The first-order valence-corrected chi connectivity index (χ1v) is 6.82. The predicted molar refractivity (Wildman–Crippen MR) is 72.1 cm³/mol. The first kappa shape index (κ1) is 13.9. The number of phenolic OH excluding ortho intramolecular Hbond substituents is 1. The summed E-state index contributed by atoms with van der Waals surface area (Å²) in [7, 11) is 0. The molecule has 6 heteroatoms. The molecule has 1 amide bonds. The summed E-state index contributed by atoms with van der Waals surface area (Å²) in [5.74, 6) is -1.57. The highest BCUT2D eigenvalue weighted by atomic mass is 79.9. The molecule has 1 heterocycles. The summed E-state index contributed by atoms with van der Waals surface area (Å²) >= 11 is 3.20. The first-order chi connectivity index (χ1) is 9.00. The van der Waals surface area contributed by atoms with Crippen LogP contribution in [0.3, 0.4) is 0 Å². The second-order valence-electron chi connectivity index (χ2n) is 4.51. The van der Waals surface area contributed by atoms with Gasteiger partial charge in [-0.3, -0.25) is 4.79 Å². The zero-order valence-corrected chi connectivity index (χ0v) is 11.8. The van der Waals surface area contributed by atoms with E-state index >= 15 is 0 Å². The van der Waals surface area contributed by atoms with Crippen LogP contribution in [-0.4, -0.2) is 39.6 Å². The summed E-state index contributed by atoms with van der Waals surface area (Å²) in [6.45, 7) is 0.408. The number of aromatic hydroxyl groups is 1. The molecule has 1 aliphatic rings. The number of phenols is 1. The van der Waals surface area contributed by atoms with Gasteiger partial charge < -0.3 is 15.1 Å². The molecule has 0 spiro atoms. The Labute approximate surface area is 119 Å². The van der Waals surface area contributed by atoms with Gasteiger partial charge in [-0.1, -0.05) is 15.9 Å². The van der Waals surface area contributed by atoms with Gasteiger partial charge in [0.25, 0.3) is 5.91 Å². The van der Waals surface area contributed by atoms with Gasteiger partial charge >= 0.3 is 5.97 Å². The number of carbonyl (C=O) groups is 2. The number of piperidine rings is 1. The van der Waals surface area contributed by atoms with Gasteiger partial charge in [0.05, 0.1) is 5.56 Å². The topological polar surface area (TPSA) is 77.8 Å². The molecule has 1 atom stereocenters. The Kier molecular flexibility index (Phi) is 4.09. The molecule has 19 heavy (non-hydrogen) atoms. The number of likely N-dealkylation sites (tertiary alicyclic amines) is 1. The van der Waals surface area contributed by atoms with Gasteiger partial charge in [-0.05, 0) is 37.5 Å². The lowest BCUT2D eigenvalue weighted by molar-refractivity contribution is -0.143. The Morgan fingerprint density at radius 1 is 1.32 bits per heavy atom. The van der Waals surface area contributed by atoms with Crippen molar-refractivity contribution in [2.24, 2.45) is 0 Å². The van der Waals surface area contributed by atoms with Crippen molar-refractivity contribution in [3.8, 4) is 5.75 Å². The van der Waals surface area contributed by atoms with Crippen LogP contribution in [0.15, 0.2) is 22.7 Å². The van der Waals surface area contributed by atoms with Crippen LogP contribution in [-0.2, 0) is 4.79 Å². The highest BCUT2D eigenvalue weighted by molar-refractivity contribution is 9.10. The van der Waals surface area contributed by atoms with Crippen LogP contribution in [0, 0.1) is 0 Å². The van der Waals surface area contributed by atoms with E-state index in [2.05, 4.69) is 15.9 Å². The molecule has 0 aromatic heterocycles. The molecule has 1 aromatic rings. The molecule has 5 nitrogen and oxygen atoms in total. The quantitative estimate of drug-likeness (QED) is 0.873. The van der Waals surface area contributed by atoms with Gasteiger partial charge in [-0.25, -0.2) is 4.79 Å². The number of benzene rings is 1. The number of rotatable bonds is 2. The van der Waals surface area contributed by atoms with Gasteiger partial charge in [0.2, 0.25) is 0 Å². The largest absolute Gasteiger partial charge is 0.507 e. The lowest BCUT2D eigenvalue weighted by Gasteiger charge is -2.33. The van der Waals surface area contributed by atoms with Crippen LogP contribution in [0.2, 0.25) is 0 Å². The Hall–Kier alpha value is -1.56. The smallest absolute Gasteiger partial charge is 0.326 e. The Balaban J connectivity index is 2.28. The van der Waals surface area contributed by atoms with E-state index in [1.165, 1.54) is 17.0 Å². The highest BCUT2D eigenvalue weighted by Crippen LogP contribution is 2.26. The molecule has 1 fully saturated rings. The third-order valence-corrected chi connectivity index (χ3v) is 3.73. The summed E-state index contributed by atoms with van der Waals surface area (Å²) in [4.78, 5) is 24.8. The fourth-order valence-electron chi connectivity index (χ4n) is 2.27. The maximum Gasteiger partial charge on any atom is 0.326 e. The van der Waals surface area contributed by atoms with Crippen LogP contribution in [0.25, 0.3) is 0 Å². The maximum atomic E-state index is 12.3. The normalized spacial score (nSPS) is 19.2. The van der Waals surface area contributed by atoms with Crippen molar-refractivity contribution < 1.29 is 19.8 Å².